The molecule has 0 aliphatic heterocycles. The molecule has 2 nitrogen and oxygen atoms in total. The van der Waals surface area contributed by atoms with E-state index in [0.29, 0.717) is 0 Å². The normalized spacial score (nSPS) is 10.9. The number of thiol groups is 1. The second-order valence-corrected chi connectivity index (χ2v) is 5.87. The van der Waals surface area contributed by atoms with Crippen LogP contribution in [-0.2, 0) is 22.9 Å². The van der Waals surface area contributed by atoms with E-state index in [2.05, 4.69) is 31.9 Å². The lowest BCUT2D eigenvalue weighted by Crippen LogP contribution is -2.00. The van der Waals surface area contributed by atoms with Crippen molar-refractivity contribution in [2.24, 2.45) is 0 Å². The molecule has 1 aromatic rings. The molecule has 0 N–H and O–H groups in total. The number of benzene rings is 1. The van der Waals surface area contributed by atoms with E-state index in [1.165, 1.54) is 0 Å². The summed E-state index contributed by atoms with van der Waals surface area (Å²) in [6.45, 7) is 2.00. The van der Waals surface area contributed by atoms with Crippen molar-refractivity contribution < 1.29 is 8.42 Å². The van der Waals surface area contributed by atoms with Crippen LogP contribution in [0.25, 0.3) is 0 Å². The zero-order valence-corrected chi connectivity index (χ0v) is 12.4. The van der Waals surface area contributed by atoms with Crippen molar-refractivity contribution in [2.45, 2.75) is 19.1 Å². The first-order chi connectivity index (χ1) is 7.06. The van der Waals surface area contributed by atoms with Crippen LogP contribution < -0.4 is 0 Å². The van der Waals surface area contributed by atoms with Gasteiger partial charge in [-0.3, -0.25) is 0 Å². The molecule has 0 spiro atoms. The van der Waals surface area contributed by atoms with Crippen LogP contribution in [0.15, 0.2) is 16.6 Å². The lowest BCUT2D eigenvalue weighted by molar-refractivity contribution is 0.613. The van der Waals surface area contributed by atoms with E-state index >= 15 is 0 Å². The smallest absolute Gasteiger partial charge is 0.144 e. The van der Waals surface area contributed by atoms with E-state index < -0.39 is 10.7 Å². The van der Waals surface area contributed by atoms with Gasteiger partial charge in [0, 0.05) is 9.80 Å². The molecular weight excluding hydrogens is 344 g/mol. The maximum Gasteiger partial charge on any atom is 0.144 e. The number of hydrogen-bond donors (Lipinski definition) is 1. The molecule has 0 aromatic heterocycles. The van der Waals surface area contributed by atoms with Gasteiger partial charge in [0.2, 0.25) is 0 Å². The lowest BCUT2D eigenvalue weighted by Gasteiger charge is -2.11. The van der Waals surface area contributed by atoms with Crippen LogP contribution in [-0.4, -0.2) is 13.7 Å². The van der Waals surface area contributed by atoms with Crippen molar-refractivity contribution in [1.29, 1.82) is 0 Å². The molecule has 0 saturated carbocycles. The maximum atomic E-state index is 10.7. The molecule has 0 aliphatic carbocycles. The Bertz CT molecular complexity index is 420. The molecule has 5 heteroatoms. The molecule has 0 amide bonds. The molecule has 0 unspecified atom stereocenters. The first kappa shape index (κ1) is 13.2. The quantitative estimate of drug-likeness (QED) is 0.665. The van der Waals surface area contributed by atoms with Gasteiger partial charge in [-0.05, 0) is 36.1 Å². The molecule has 84 valence electrons. The van der Waals surface area contributed by atoms with Gasteiger partial charge < -0.3 is 0 Å². The number of rotatable bonds is 4. The molecule has 0 radical (unpaired) electrons. The summed E-state index contributed by atoms with van der Waals surface area (Å²) in [6, 6.07) is 3.78. The fraction of sp³-hybridized carbons (Fsp3) is 0.400. The molecule has 0 aliphatic rings. The van der Waals surface area contributed by atoms with Crippen molar-refractivity contribution in [3.8, 4) is 0 Å². The van der Waals surface area contributed by atoms with Crippen LogP contribution in [0.1, 0.15) is 16.7 Å². The fourth-order valence-corrected chi connectivity index (χ4v) is 2.86. The van der Waals surface area contributed by atoms with Crippen LogP contribution in [0.4, 0.5) is 0 Å². The van der Waals surface area contributed by atoms with Gasteiger partial charge in [-0.15, -0.1) is 0 Å². The van der Waals surface area contributed by atoms with Crippen LogP contribution in [0.3, 0.4) is 0 Å². The molecule has 1 aromatic carbocycles. The fourth-order valence-electron chi connectivity index (χ4n) is 1.51. The minimum atomic E-state index is -2.36. The zero-order valence-electron chi connectivity index (χ0n) is 8.30. The highest BCUT2D eigenvalue weighted by Gasteiger charge is 2.08. The van der Waals surface area contributed by atoms with Gasteiger partial charge in [0.25, 0.3) is 0 Å². The summed E-state index contributed by atoms with van der Waals surface area (Å²) in [5.74, 6) is 0.131. The Kier molecular flexibility index (Phi) is 5.29. The van der Waals surface area contributed by atoms with Crippen molar-refractivity contribution in [2.75, 3.05) is 5.33 Å². The SMILES string of the molecule is Cc1c(Br)ccc(C[SH](=O)=O)c1CCBr. The molecule has 0 saturated heterocycles. The zero-order chi connectivity index (χ0) is 11.4. The minimum absolute atomic E-state index is 0.131. The largest absolute Gasteiger partial charge is 0.232 e. The van der Waals surface area contributed by atoms with Gasteiger partial charge in [0.1, 0.15) is 10.7 Å². The predicted octanol–water partition coefficient (Wildman–Crippen LogP) is 2.81. The van der Waals surface area contributed by atoms with Gasteiger partial charge in [0.05, 0.1) is 5.75 Å². The summed E-state index contributed by atoms with van der Waals surface area (Å²) < 4.78 is 22.5. The first-order valence-electron chi connectivity index (χ1n) is 4.51. The Morgan fingerprint density at radius 2 is 2.00 bits per heavy atom. The Morgan fingerprint density at radius 3 is 2.53 bits per heavy atom. The Labute approximate surface area is 108 Å². The summed E-state index contributed by atoms with van der Waals surface area (Å²) in [6.07, 6.45) is 0.851. The van der Waals surface area contributed by atoms with Crippen LogP contribution in [0.5, 0.6) is 0 Å². The molecule has 0 bridgehead atoms. The number of alkyl halides is 1. The average molecular weight is 356 g/mol. The van der Waals surface area contributed by atoms with E-state index in [-0.39, 0.29) is 5.75 Å². The third kappa shape index (κ3) is 3.57. The summed E-state index contributed by atoms with van der Waals surface area (Å²) in [5.41, 5.74) is 3.16. The topological polar surface area (TPSA) is 34.1 Å². The monoisotopic (exact) mass is 354 g/mol. The van der Waals surface area contributed by atoms with Crippen molar-refractivity contribution in [3.63, 3.8) is 0 Å². The predicted molar refractivity (Wildman–Crippen MR) is 70.4 cm³/mol. The maximum absolute atomic E-state index is 10.7. The third-order valence-electron chi connectivity index (χ3n) is 2.27. The van der Waals surface area contributed by atoms with Crippen molar-refractivity contribution >= 4 is 42.6 Å². The molecular formula is C10H12Br2O2S. The summed E-state index contributed by atoms with van der Waals surface area (Å²) in [5, 5.41) is 0.840. The Balaban J connectivity index is 3.19. The molecule has 0 atom stereocenters. The Hall–Kier alpha value is 0.130. The average Bonchev–Trinajstić information content (AvgIpc) is 2.17. The van der Waals surface area contributed by atoms with Gasteiger partial charge in [-0.2, -0.15) is 0 Å². The van der Waals surface area contributed by atoms with Crippen LogP contribution >= 0.6 is 31.9 Å². The second kappa shape index (κ2) is 6.01. The van der Waals surface area contributed by atoms with Crippen LogP contribution in [0.2, 0.25) is 0 Å². The van der Waals surface area contributed by atoms with E-state index in [0.717, 1.165) is 32.9 Å². The lowest BCUT2D eigenvalue weighted by atomic mass is 10.0. The number of hydrogen-bond acceptors (Lipinski definition) is 2. The molecule has 1 rings (SSSR count). The van der Waals surface area contributed by atoms with Gasteiger partial charge >= 0.3 is 0 Å². The molecule has 15 heavy (non-hydrogen) atoms. The number of halogens is 2. The third-order valence-corrected chi connectivity index (χ3v) is 4.13. The first-order valence-corrected chi connectivity index (χ1v) is 7.78. The van der Waals surface area contributed by atoms with Gasteiger partial charge in [0.15, 0.2) is 0 Å². The summed E-state index contributed by atoms with van der Waals surface area (Å²) in [4.78, 5) is 0. The van der Waals surface area contributed by atoms with Crippen molar-refractivity contribution in [3.05, 3.63) is 33.3 Å². The summed E-state index contributed by atoms with van der Waals surface area (Å²) >= 11 is 6.83. The molecule has 0 fully saturated rings. The summed E-state index contributed by atoms with van der Waals surface area (Å²) in [7, 11) is -2.36. The highest BCUT2D eigenvalue weighted by molar-refractivity contribution is 9.10. The van der Waals surface area contributed by atoms with Crippen LogP contribution in [0, 0.1) is 6.92 Å². The van der Waals surface area contributed by atoms with E-state index in [1.807, 2.05) is 19.1 Å². The van der Waals surface area contributed by atoms with E-state index in [9.17, 15) is 8.42 Å². The minimum Gasteiger partial charge on any atom is -0.232 e. The standard InChI is InChI=1S/C10H12Br2O2S/c1-7-9(4-5-11)8(6-15(13)14)2-3-10(7)12/h2-3,15H,4-6H2,1H3. The van der Waals surface area contributed by atoms with Gasteiger partial charge in [-0.25, -0.2) is 8.42 Å². The second-order valence-electron chi connectivity index (χ2n) is 3.24. The Morgan fingerprint density at radius 1 is 1.33 bits per heavy atom. The van der Waals surface area contributed by atoms with Gasteiger partial charge in [-0.1, -0.05) is 37.9 Å². The molecule has 0 heterocycles. The van der Waals surface area contributed by atoms with E-state index in [4.69, 9.17) is 0 Å². The highest BCUT2D eigenvalue weighted by atomic mass is 79.9. The van der Waals surface area contributed by atoms with E-state index in [1.54, 1.807) is 0 Å². The highest BCUT2D eigenvalue weighted by Crippen LogP contribution is 2.24. The van der Waals surface area contributed by atoms with Crippen molar-refractivity contribution in [1.82, 2.24) is 0 Å².